The van der Waals surface area contributed by atoms with Gasteiger partial charge in [0, 0.05) is 31.9 Å². The Morgan fingerprint density at radius 3 is 2.89 bits per heavy atom. The average molecular weight is 251 g/mol. The summed E-state index contributed by atoms with van der Waals surface area (Å²) in [6.07, 6.45) is 3.89. The Morgan fingerprint density at radius 1 is 1.50 bits per heavy atom. The second-order valence-electron chi connectivity index (χ2n) is 5.64. The van der Waals surface area contributed by atoms with Crippen LogP contribution in [0.3, 0.4) is 0 Å². The zero-order valence-corrected chi connectivity index (χ0v) is 11.7. The molecule has 102 valence electrons. The second kappa shape index (κ2) is 5.85. The zero-order valence-electron chi connectivity index (χ0n) is 11.7. The smallest absolute Gasteiger partial charge is 0.0764 e. The molecular weight excluding hydrogens is 226 g/mol. The molecule has 1 saturated heterocycles. The monoisotopic (exact) mass is 251 g/mol. The maximum absolute atomic E-state index is 9.88. The fraction of sp³-hybridized carbons (Fsp3) is 0.786. The molecule has 1 aliphatic heterocycles. The third kappa shape index (κ3) is 3.12. The van der Waals surface area contributed by atoms with Crippen molar-refractivity contribution >= 4 is 0 Å². The van der Waals surface area contributed by atoms with Crippen molar-refractivity contribution in [3.63, 3.8) is 0 Å². The van der Waals surface area contributed by atoms with Gasteiger partial charge in [0.1, 0.15) is 0 Å². The van der Waals surface area contributed by atoms with E-state index in [2.05, 4.69) is 43.0 Å². The molecule has 0 radical (unpaired) electrons. The van der Waals surface area contributed by atoms with Gasteiger partial charge in [0.15, 0.2) is 0 Å². The van der Waals surface area contributed by atoms with Gasteiger partial charge in [-0.05, 0) is 38.7 Å². The van der Waals surface area contributed by atoms with Gasteiger partial charge in [-0.3, -0.25) is 9.58 Å². The lowest BCUT2D eigenvalue weighted by molar-refractivity contribution is 0.0217. The van der Waals surface area contributed by atoms with Gasteiger partial charge >= 0.3 is 0 Å². The summed E-state index contributed by atoms with van der Waals surface area (Å²) in [6, 6.07) is 2.52. The maximum atomic E-state index is 9.88. The van der Waals surface area contributed by atoms with Crippen molar-refractivity contribution in [1.82, 2.24) is 14.7 Å². The summed E-state index contributed by atoms with van der Waals surface area (Å²) in [7, 11) is 0. The number of nitrogens with zero attached hydrogens (tertiary/aromatic N) is 3. The number of hydrogen-bond donors (Lipinski definition) is 1. The van der Waals surface area contributed by atoms with Crippen molar-refractivity contribution in [2.75, 3.05) is 13.1 Å². The third-order valence-corrected chi connectivity index (χ3v) is 3.88. The first kappa shape index (κ1) is 13.6. The summed E-state index contributed by atoms with van der Waals surface area (Å²) >= 11 is 0. The van der Waals surface area contributed by atoms with E-state index in [0.717, 1.165) is 38.2 Å². The molecule has 2 atom stereocenters. The fourth-order valence-electron chi connectivity index (χ4n) is 2.62. The molecule has 0 amide bonds. The minimum absolute atomic E-state index is 0.112. The molecule has 1 fully saturated rings. The van der Waals surface area contributed by atoms with Crippen molar-refractivity contribution in [3.05, 3.63) is 18.0 Å². The van der Waals surface area contributed by atoms with Gasteiger partial charge in [-0.2, -0.15) is 5.10 Å². The van der Waals surface area contributed by atoms with Crippen LogP contribution in [0.4, 0.5) is 0 Å². The van der Waals surface area contributed by atoms with Gasteiger partial charge in [-0.25, -0.2) is 0 Å². The number of hydrogen-bond acceptors (Lipinski definition) is 3. The summed E-state index contributed by atoms with van der Waals surface area (Å²) in [5.74, 6) is 0.422. The van der Waals surface area contributed by atoms with Crippen LogP contribution in [0, 0.1) is 5.92 Å². The molecule has 4 heteroatoms. The molecule has 0 aliphatic carbocycles. The molecule has 2 rings (SSSR count). The minimum atomic E-state index is -0.112. The van der Waals surface area contributed by atoms with E-state index in [1.54, 1.807) is 0 Å². The van der Waals surface area contributed by atoms with E-state index in [4.69, 9.17) is 0 Å². The SMILES string of the molecule is CCC1CN(Cc2ccn(C(C)C)n2)CCC1O. The molecule has 0 aromatic carbocycles. The highest BCUT2D eigenvalue weighted by molar-refractivity contribution is 5.00. The molecule has 1 aromatic heterocycles. The number of piperidine rings is 1. The van der Waals surface area contributed by atoms with Gasteiger partial charge < -0.3 is 5.11 Å². The summed E-state index contributed by atoms with van der Waals surface area (Å²) in [5.41, 5.74) is 1.13. The van der Waals surface area contributed by atoms with E-state index in [9.17, 15) is 5.11 Å². The van der Waals surface area contributed by atoms with E-state index < -0.39 is 0 Å². The normalized spacial score (nSPS) is 25.8. The molecule has 1 aromatic rings. The predicted molar refractivity (Wildman–Crippen MR) is 72.3 cm³/mol. The zero-order chi connectivity index (χ0) is 13.1. The molecular formula is C14H25N3O. The van der Waals surface area contributed by atoms with E-state index in [1.807, 2.05) is 4.68 Å². The maximum Gasteiger partial charge on any atom is 0.0764 e. The molecule has 2 heterocycles. The first-order chi connectivity index (χ1) is 8.60. The highest BCUT2D eigenvalue weighted by atomic mass is 16.3. The molecule has 4 nitrogen and oxygen atoms in total. The summed E-state index contributed by atoms with van der Waals surface area (Å²) in [5, 5.41) is 14.5. The molecule has 2 unspecified atom stereocenters. The topological polar surface area (TPSA) is 41.3 Å². The fourth-order valence-corrected chi connectivity index (χ4v) is 2.62. The molecule has 1 aliphatic rings. The van der Waals surface area contributed by atoms with E-state index >= 15 is 0 Å². The quantitative estimate of drug-likeness (QED) is 0.890. The van der Waals surface area contributed by atoms with Crippen molar-refractivity contribution in [2.45, 2.75) is 52.3 Å². The van der Waals surface area contributed by atoms with Crippen LogP contribution in [0.5, 0.6) is 0 Å². The minimum Gasteiger partial charge on any atom is -0.393 e. The van der Waals surface area contributed by atoms with Gasteiger partial charge in [-0.15, -0.1) is 0 Å². The average Bonchev–Trinajstić information content (AvgIpc) is 2.80. The second-order valence-corrected chi connectivity index (χ2v) is 5.64. The number of aromatic nitrogens is 2. The Hall–Kier alpha value is -0.870. The van der Waals surface area contributed by atoms with Crippen molar-refractivity contribution in [2.24, 2.45) is 5.92 Å². The third-order valence-electron chi connectivity index (χ3n) is 3.88. The van der Waals surface area contributed by atoms with E-state index in [0.29, 0.717) is 12.0 Å². The van der Waals surface area contributed by atoms with E-state index in [-0.39, 0.29) is 6.10 Å². The van der Waals surface area contributed by atoms with Crippen LogP contribution in [-0.2, 0) is 6.54 Å². The number of aliphatic hydroxyl groups is 1. The first-order valence-electron chi connectivity index (χ1n) is 7.04. The Bertz CT molecular complexity index is 375. The standard InChI is InChI=1S/C14H25N3O/c1-4-12-9-16(7-6-14(12)18)10-13-5-8-17(15-13)11(2)3/h5,8,11-12,14,18H,4,6-7,9-10H2,1-3H3. The Kier molecular flexibility index (Phi) is 4.40. The summed E-state index contributed by atoms with van der Waals surface area (Å²) in [4.78, 5) is 2.41. The van der Waals surface area contributed by atoms with Gasteiger partial charge in [-0.1, -0.05) is 6.92 Å². The van der Waals surface area contributed by atoms with Gasteiger partial charge in [0.25, 0.3) is 0 Å². The summed E-state index contributed by atoms with van der Waals surface area (Å²) in [6.45, 7) is 9.31. The Balaban J connectivity index is 1.92. The number of rotatable bonds is 4. The van der Waals surface area contributed by atoms with Crippen LogP contribution in [0.2, 0.25) is 0 Å². The van der Waals surface area contributed by atoms with Crippen LogP contribution in [0.15, 0.2) is 12.3 Å². The van der Waals surface area contributed by atoms with Gasteiger partial charge in [0.05, 0.1) is 11.8 Å². The largest absolute Gasteiger partial charge is 0.393 e. The molecule has 1 N–H and O–H groups in total. The lowest BCUT2D eigenvalue weighted by atomic mass is 9.92. The van der Waals surface area contributed by atoms with Crippen LogP contribution >= 0.6 is 0 Å². The molecule has 0 saturated carbocycles. The Labute approximate surface area is 110 Å². The van der Waals surface area contributed by atoms with E-state index in [1.165, 1.54) is 0 Å². The number of likely N-dealkylation sites (tertiary alicyclic amines) is 1. The lowest BCUT2D eigenvalue weighted by Crippen LogP contribution is -2.42. The summed E-state index contributed by atoms with van der Waals surface area (Å²) < 4.78 is 2.01. The first-order valence-corrected chi connectivity index (χ1v) is 7.04. The predicted octanol–water partition coefficient (Wildman–Crippen LogP) is 2.06. The lowest BCUT2D eigenvalue weighted by Gasteiger charge is -2.35. The van der Waals surface area contributed by atoms with Crippen molar-refractivity contribution in [1.29, 1.82) is 0 Å². The van der Waals surface area contributed by atoms with Crippen LogP contribution in [-0.4, -0.2) is 39.0 Å². The van der Waals surface area contributed by atoms with Crippen LogP contribution in [0.1, 0.15) is 45.3 Å². The Morgan fingerprint density at radius 2 is 2.28 bits per heavy atom. The highest BCUT2D eigenvalue weighted by Crippen LogP contribution is 2.21. The molecule has 18 heavy (non-hydrogen) atoms. The number of aliphatic hydroxyl groups excluding tert-OH is 1. The van der Waals surface area contributed by atoms with Crippen molar-refractivity contribution < 1.29 is 5.11 Å². The molecule has 0 bridgehead atoms. The molecule has 0 spiro atoms. The van der Waals surface area contributed by atoms with Gasteiger partial charge in [0.2, 0.25) is 0 Å². The van der Waals surface area contributed by atoms with Crippen LogP contribution < -0.4 is 0 Å². The van der Waals surface area contributed by atoms with Crippen LogP contribution in [0.25, 0.3) is 0 Å². The highest BCUT2D eigenvalue weighted by Gasteiger charge is 2.26. The van der Waals surface area contributed by atoms with Crippen molar-refractivity contribution in [3.8, 4) is 0 Å².